The monoisotopic (exact) mass is 333 g/mol. The van der Waals surface area contributed by atoms with Crippen LogP contribution in [0.5, 0.6) is 0 Å². The standard InChI is InChI=1S/C19H28FN3O/c20-18-5-1-3-16(11-18)13-22-8-2-4-17(14-22)19(24)23-9-6-15(12-21)7-10-23/h1,3,5,11,15,17H,2,4,6-10,12-14,21H2. The molecule has 1 amide bonds. The fraction of sp³-hybridized carbons (Fsp3) is 0.632. The summed E-state index contributed by atoms with van der Waals surface area (Å²) in [4.78, 5) is 17.1. The lowest BCUT2D eigenvalue weighted by atomic mass is 9.92. The lowest BCUT2D eigenvalue weighted by Gasteiger charge is -2.37. The number of amides is 1. The van der Waals surface area contributed by atoms with Gasteiger partial charge in [-0.05, 0) is 62.4 Å². The minimum Gasteiger partial charge on any atom is -0.342 e. The molecule has 1 aromatic rings. The highest BCUT2D eigenvalue weighted by atomic mass is 19.1. The van der Waals surface area contributed by atoms with E-state index in [0.29, 0.717) is 11.8 Å². The predicted molar refractivity (Wildman–Crippen MR) is 92.8 cm³/mol. The van der Waals surface area contributed by atoms with Crippen LogP contribution in [0.1, 0.15) is 31.2 Å². The Hall–Kier alpha value is -1.46. The molecule has 4 nitrogen and oxygen atoms in total. The highest BCUT2D eigenvalue weighted by Gasteiger charge is 2.31. The zero-order chi connectivity index (χ0) is 16.9. The second-order valence-electron chi connectivity index (χ2n) is 7.21. The van der Waals surface area contributed by atoms with Crippen LogP contribution in [-0.2, 0) is 11.3 Å². The van der Waals surface area contributed by atoms with E-state index in [4.69, 9.17) is 5.73 Å². The molecule has 2 saturated heterocycles. The second-order valence-corrected chi connectivity index (χ2v) is 7.21. The van der Waals surface area contributed by atoms with E-state index in [9.17, 15) is 9.18 Å². The minimum atomic E-state index is -0.195. The van der Waals surface area contributed by atoms with Gasteiger partial charge in [-0.25, -0.2) is 4.39 Å². The molecular weight excluding hydrogens is 305 g/mol. The Morgan fingerprint density at radius 3 is 2.71 bits per heavy atom. The summed E-state index contributed by atoms with van der Waals surface area (Å²) in [5, 5.41) is 0. The van der Waals surface area contributed by atoms with E-state index in [1.54, 1.807) is 12.1 Å². The zero-order valence-electron chi connectivity index (χ0n) is 14.3. The number of hydrogen-bond acceptors (Lipinski definition) is 3. The van der Waals surface area contributed by atoms with Gasteiger partial charge >= 0.3 is 0 Å². The number of likely N-dealkylation sites (tertiary alicyclic amines) is 2. The van der Waals surface area contributed by atoms with Gasteiger partial charge in [0.2, 0.25) is 5.91 Å². The molecule has 2 aliphatic heterocycles. The molecule has 0 spiro atoms. The number of nitrogens with two attached hydrogens (primary N) is 1. The number of benzene rings is 1. The Bertz CT molecular complexity index is 557. The van der Waals surface area contributed by atoms with E-state index in [0.717, 1.165) is 70.5 Å². The molecule has 0 saturated carbocycles. The summed E-state index contributed by atoms with van der Waals surface area (Å²) in [5.74, 6) is 0.765. The SMILES string of the molecule is NCC1CCN(C(=O)C2CCCN(Cc3cccc(F)c3)C2)CC1. The Kier molecular flexibility index (Phi) is 5.85. The Morgan fingerprint density at radius 1 is 1.21 bits per heavy atom. The van der Waals surface area contributed by atoms with E-state index >= 15 is 0 Å². The molecule has 132 valence electrons. The molecule has 0 bridgehead atoms. The van der Waals surface area contributed by atoms with Crippen molar-refractivity contribution < 1.29 is 9.18 Å². The maximum absolute atomic E-state index is 13.3. The van der Waals surface area contributed by atoms with Crippen molar-refractivity contribution in [2.24, 2.45) is 17.6 Å². The van der Waals surface area contributed by atoms with Gasteiger partial charge in [0.25, 0.3) is 0 Å². The number of carbonyl (C=O) groups excluding carboxylic acids is 1. The van der Waals surface area contributed by atoms with Gasteiger partial charge in [-0.1, -0.05) is 12.1 Å². The lowest BCUT2D eigenvalue weighted by molar-refractivity contribution is -0.138. The van der Waals surface area contributed by atoms with E-state index in [-0.39, 0.29) is 11.7 Å². The average molecular weight is 333 g/mol. The zero-order valence-corrected chi connectivity index (χ0v) is 14.3. The van der Waals surface area contributed by atoms with Gasteiger partial charge in [0.15, 0.2) is 0 Å². The fourth-order valence-electron chi connectivity index (χ4n) is 3.94. The van der Waals surface area contributed by atoms with Crippen LogP contribution in [0.3, 0.4) is 0 Å². The van der Waals surface area contributed by atoms with Crippen molar-refractivity contribution in [2.45, 2.75) is 32.2 Å². The molecular formula is C19H28FN3O. The second kappa shape index (κ2) is 8.08. The first-order chi connectivity index (χ1) is 11.7. The van der Waals surface area contributed by atoms with Crippen molar-refractivity contribution in [3.8, 4) is 0 Å². The van der Waals surface area contributed by atoms with Gasteiger partial charge in [-0.3, -0.25) is 9.69 Å². The molecule has 0 aliphatic carbocycles. The molecule has 2 heterocycles. The normalized spacial score (nSPS) is 23.4. The number of carbonyl (C=O) groups is 1. The number of rotatable bonds is 4. The van der Waals surface area contributed by atoms with Gasteiger partial charge in [-0.15, -0.1) is 0 Å². The van der Waals surface area contributed by atoms with Gasteiger partial charge in [-0.2, -0.15) is 0 Å². The van der Waals surface area contributed by atoms with Crippen LogP contribution in [0.25, 0.3) is 0 Å². The molecule has 1 unspecified atom stereocenters. The maximum Gasteiger partial charge on any atom is 0.226 e. The molecule has 1 atom stereocenters. The molecule has 2 aliphatic rings. The number of piperidine rings is 2. The van der Waals surface area contributed by atoms with Crippen LogP contribution in [0.4, 0.5) is 4.39 Å². The Labute approximate surface area is 143 Å². The van der Waals surface area contributed by atoms with Crippen molar-refractivity contribution in [1.82, 2.24) is 9.80 Å². The summed E-state index contributed by atoms with van der Waals surface area (Å²) in [5.41, 5.74) is 6.71. The molecule has 1 aromatic carbocycles. The minimum absolute atomic E-state index is 0.0849. The first-order valence-electron chi connectivity index (χ1n) is 9.11. The van der Waals surface area contributed by atoms with Crippen LogP contribution < -0.4 is 5.73 Å². The lowest BCUT2D eigenvalue weighted by Crippen LogP contribution is -2.47. The van der Waals surface area contributed by atoms with Gasteiger partial charge < -0.3 is 10.6 Å². The molecule has 24 heavy (non-hydrogen) atoms. The average Bonchev–Trinajstić information content (AvgIpc) is 2.61. The molecule has 2 N–H and O–H groups in total. The Balaban J connectivity index is 1.54. The Morgan fingerprint density at radius 2 is 2.00 bits per heavy atom. The van der Waals surface area contributed by atoms with Crippen molar-refractivity contribution in [3.05, 3.63) is 35.6 Å². The first kappa shape index (κ1) is 17.4. The summed E-state index contributed by atoms with van der Waals surface area (Å²) in [6.07, 6.45) is 4.06. The van der Waals surface area contributed by atoms with Crippen LogP contribution in [0.2, 0.25) is 0 Å². The van der Waals surface area contributed by atoms with E-state index in [1.807, 2.05) is 11.0 Å². The van der Waals surface area contributed by atoms with Crippen molar-refractivity contribution in [3.63, 3.8) is 0 Å². The summed E-state index contributed by atoms with van der Waals surface area (Å²) < 4.78 is 13.3. The van der Waals surface area contributed by atoms with E-state index in [1.165, 1.54) is 6.07 Å². The molecule has 2 fully saturated rings. The number of halogens is 1. The highest BCUT2D eigenvalue weighted by Crippen LogP contribution is 2.24. The van der Waals surface area contributed by atoms with Crippen LogP contribution >= 0.6 is 0 Å². The summed E-state index contributed by atoms with van der Waals surface area (Å²) >= 11 is 0. The third-order valence-electron chi connectivity index (χ3n) is 5.41. The van der Waals surface area contributed by atoms with Gasteiger partial charge in [0.05, 0.1) is 5.92 Å². The van der Waals surface area contributed by atoms with Crippen molar-refractivity contribution in [2.75, 3.05) is 32.7 Å². The highest BCUT2D eigenvalue weighted by molar-refractivity contribution is 5.79. The summed E-state index contributed by atoms with van der Waals surface area (Å²) in [6, 6.07) is 6.75. The van der Waals surface area contributed by atoms with Crippen LogP contribution in [-0.4, -0.2) is 48.4 Å². The third-order valence-corrected chi connectivity index (χ3v) is 5.41. The van der Waals surface area contributed by atoms with Gasteiger partial charge in [0.1, 0.15) is 5.82 Å². The van der Waals surface area contributed by atoms with E-state index < -0.39 is 0 Å². The molecule has 0 aromatic heterocycles. The summed E-state index contributed by atoms with van der Waals surface area (Å²) in [7, 11) is 0. The number of hydrogen-bond donors (Lipinski definition) is 1. The third kappa shape index (κ3) is 4.33. The fourth-order valence-corrected chi connectivity index (χ4v) is 3.94. The predicted octanol–water partition coefficient (Wildman–Crippen LogP) is 2.23. The van der Waals surface area contributed by atoms with Crippen LogP contribution in [0, 0.1) is 17.7 Å². The molecule has 3 rings (SSSR count). The number of nitrogens with zero attached hydrogens (tertiary/aromatic N) is 2. The smallest absolute Gasteiger partial charge is 0.226 e. The van der Waals surface area contributed by atoms with E-state index in [2.05, 4.69) is 4.90 Å². The molecule has 5 heteroatoms. The van der Waals surface area contributed by atoms with Crippen molar-refractivity contribution in [1.29, 1.82) is 0 Å². The first-order valence-corrected chi connectivity index (χ1v) is 9.11. The van der Waals surface area contributed by atoms with Crippen molar-refractivity contribution >= 4 is 5.91 Å². The largest absolute Gasteiger partial charge is 0.342 e. The molecule has 0 radical (unpaired) electrons. The quantitative estimate of drug-likeness (QED) is 0.919. The topological polar surface area (TPSA) is 49.6 Å². The summed E-state index contributed by atoms with van der Waals surface area (Å²) in [6.45, 7) is 4.91. The van der Waals surface area contributed by atoms with Crippen LogP contribution in [0.15, 0.2) is 24.3 Å². The van der Waals surface area contributed by atoms with Gasteiger partial charge in [0, 0.05) is 26.2 Å². The maximum atomic E-state index is 13.3.